The fraction of sp³-hybridized carbons (Fsp3) is 0.316. The van der Waals surface area contributed by atoms with Crippen LogP contribution in [-0.4, -0.2) is 37.0 Å². The lowest BCUT2D eigenvalue weighted by molar-refractivity contribution is 0.0789. The van der Waals surface area contributed by atoms with E-state index in [1.165, 1.54) is 11.1 Å². The van der Waals surface area contributed by atoms with Gasteiger partial charge in [0.2, 0.25) is 0 Å². The quantitative estimate of drug-likeness (QED) is 0.943. The number of rotatable bonds is 3. The molecule has 3 nitrogen and oxygen atoms in total. The number of aryl methyl sites for hydroxylation is 1. The first-order valence-corrected chi connectivity index (χ1v) is 7.81. The fourth-order valence-electron chi connectivity index (χ4n) is 2.91. The highest BCUT2D eigenvalue weighted by Gasteiger charge is 2.25. The van der Waals surface area contributed by atoms with Crippen molar-refractivity contribution in [2.75, 3.05) is 20.1 Å². The minimum atomic E-state index is 0.133. The summed E-state index contributed by atoms with van der Waals surface area (Å²) >= 11 is 0. The first-order valence-electron chi connectivity index (χ1n) is 7.81. The lowest BCUT2D eigenvalue weighted by Gasteiger charge is -2.16. The molecule has 0 unspecified atom stereocenters. The average Bonchev–Trinajstić information content (AvgIpc) is 3.04. The Morgan fingerprint density at radius 1 is 1.05 bits per heavy atom. The van der Waals surface area contributed by atoms with Gasteiger partial charge in [-0.15, -0.1) is 0 Å². The van der Waals surface area contributed by atoms with E-state index in [2.05, 4.69) is 36.5 Å². The number of hydrogen-bond donors (Lipinski definition) is 1. The van der Waals surface area contributed by atoms with Gasteiger partial charge in [0.25, 0.3) is 5.91 Å². The number of likely N-dealkylation sites (tertiary alicyclic amines) is 1. The second-order valence-electron chi connectivity index (χ2n) is 5.97. The van der Waals surface area contributed by atoms with E-state index in [0.717, 1.165) is 30.6 Å². The Morgan fingerprint density at radius 2 is 1.64 bits per heavy atom. The summed E-state index contributed by atoms with van der Waals surface area (Å²) in [4.78, 5) is 14.4. The third-order valence-corrected chi connectivity index (χ3v) is 4.40. The average molecular weight is 294 g/mol. The van der Waals surface area contributed by atoms with E-state index in [0.29, 0.717) is 6.04 Å². The van der Waals surface area contributed by atoms with Crippen molar-refractivity contribution < 1.29 is 4.79 Å². The van der Waals surface area contributed by atoms with E-state index in [4.69, 9.17) is 0 Å². The first-order chi connectivity index (χ1) is 10.7. The number of carbonyl (C=O) groups is 1. The van der Waals surface area contributed by atoms with Gasteiger partial charge in [-0.05, 0) is 43.7 Å². The van der Waals surface area contributed by atoms with Crippen molar-refractivity contribution >= 4 is 5.91 Å². The molecule has 3 heteroatoms. The van der Waals surface area contributed by atoms with Gasteiger partial charge < -0.3 is 10.2 Å². The Balaban J connectivity index is 1.74. The Morgan fingerprint density at radius 3 is 2.18 bits per heavy atom. The molecule has 1 atom stereocenters. The van der Waals surface area contributed by atoms with Crippen molar-refractivity contribution in [3.8, 4) is 11.1 Å². The zero-order valence-corrected chi connectivity index (χ0v) is 13.2. The highest BCUT2D eigenvalue weighted by molar-refractivity contribution is 5.95. The van der Waals surface area contributed by atoms with Crippen molar-refractivity contribution in [2.45, 2.75) is 19.4 Å². The summed E-state index contributed by atoms with van der Waals surface area (Å²) in [6, 6.07) is 16.8. The Labute approximate surface area is 132 Å². The van der Waals surface area contributed by atoms with Crippen LogP contribution >= 0.6 is 0 Å². The first kappa shape index (κ1) is 14.8. The van der Waals surface area contributed by atoms with Crippen LogP contribution in [0.4, 0.5) is 0 Å². The molecule has 0 radical (unpaired) electrons. The van der Waals surface area contributed by atoms with E-state index < -0.39 is 0 Å². The zero-order valence-electron chi connectivity index (χ0n) is 13.2. The van der Waals surface area contributed by atoms with E-state index >= 15 is 0 Å². The Bertz CT molecular complexity index is 646. The van der Waals surface area contributed by atoms with Gasteiger partial charge in [0.05, 0.1) is 0 Å². The number of likely N-dealkylation sites (N-methyl/N-ethyl adjacent to an activating group) is 1. The monoisotopic (exact) mass is 294 g/mol. The molecule has 1 amide bonds. The van der Waals surface area contributed by atoms with Crippen LogP contribution < -0.4 is 5.32 Å². The molecule has 0 spiro atoms. The Kier molecular flexibility index (Phi) is 4.25. The highest BCUT2D eigenvalue weighted by atomic mass is 16.2. The molecule has 2 aromatic rings. The van der Waals surface area contributed by atoms with Gasteiger partial charge in [-0.1, -0.05) is 42.0 Å². The summed E-state index contributed by atoms with van der Waals surface area (Å²) in [6.45, 7) is 3.72. The van der Waals surface area contributed by atoms with Gasteiger partial charge in [0.1, 0.15) is 0 Å². The van der Waals surface area contributed by atoms with Gasteiger partial charge in [-0.2, -0.15) is 0 Å². The predicted octanol–water partition coefficient (Wildman–Crippen LogP) is 3.10. The second-order valence-corrected chi connectivity index (χ2v) is 5.97. The van der Waals surface area contributed by atoms with Gasteiger partial charge in [0, 0.05) is 24.7 Å². The largest absolute Gasteiger partial charge is 0.337 e. The van der Waals surface area contributed by atoms with Crippen molar-refractivity contribution in [1.29, 1.82) is 0 Å². The van der Waals surface area contributed by atoms with Crippen molar-refractivity contribution in [3.05, 3.63) is 59.7 Å². The number of carbonyl (C=O) groups excluding carboxylic acids is 1. The summed E-state index contributed by atoms with van der Waals surface area (Å²) in [7, 11) is 1.95. The van der Waals surface area contributed by atoms with Crippen molar-refractivity contribution in [1.82, 2.24) is 10.2 Å². The van der Waals surface area contributed by atoms with Crippen LogP contribution in [-0.2, 0) is 0 Å². The topological polar surface area (TPSA) is 32.3 Å². The maximum absolute atomic E-state index is 12.5. The SMILES string of the molecule is CN[C@H]1CCN(C(=O)c2ccc(-c3ccc(C)cc3)cc2)C1. The third-order valence-electron chi connectivity index (χ3n) is 4.40. The zero-order chi connectivity index (χ0) is 15.5. The molecular formula is C19H22N2O. The minimum absolute atomic E-state index is 0.133. The van der Waals surface area contributed by atoms with Gasteiger partial charge >= 0.3 is 0 Å². The second kappa shape index (κ2) is 6.32. The molecule has 1 saturated heterocycles. The van der Waals surface area contributed by atoms with E-state index in [9.17, 15) is 4.79 Å². The molecule has 1 fully saturated rings. The van der Waals surface area contributed by atoms with Crippen LogP contribution in [0.3, 0.4) is 0 Å². The van der Waals surface area contributed by atoms with E-state index in [-0.39, 0.29) is 5.91 Å². The lowest BCUT2D eigenvalue weighted by atomic mass is 10.0. The molecule has 1 N–H and O–H groups in total. The van der Waals surface area contributed by atoms with Crippen LogP contribution in [0.2, 0.25) is 0 Å². The highest BCUT2D eigenvalue weighted by Crippen LogP contribution is 2.21. The van der Waals surface area contributed by atoms with Crippen molar-refractivity contribution in [3.63, 3.8) is 0 Å². The summed E-state index contributed by atoms with van der Waals surface area (Å²) in [5.74, 6) is 0.133. The maximum Gasteiger partial charge on any atom is 0.253 e. The molecule has 114 valence electrons. The van der Waals surface area contributed by atoms with Crippen LogP contribution in [0.1, 0.15) is 22.3 Å². The summed E-state index contributed by atoms with van der Waals surface area (Å²) in [5, 5.41) is 3.24. The van der Waals surface area contributed by atoms with Crippen molar-refractivity contribution in [2.24, 2.45) is 0 Å². The Hall–Kier alpha value is -2.13. The number of benzene rings is 2. The standard InChI is InChI=1S/C19H22N2O/c1-14-3-5-15(6-4-14)16-7-9-17(10-8-16)19(22)21-12-11-18(13-21)20-2/h3-10,18,20H,11-13H2,1-2H3/t18-/m0/s1. The molecular weight excluding hydrogens is 272 g/mol. The molecule has 0 saturated carbocycles. The maximum atomic E-state index is 12.5. The molecule has 0 aromatic heterocycles. The normalized spacial score (nSPS) is 17.7. The number of hydrogen-bond acceptors (Lipinski definition) is 2. The summed E-state index contributed by atoms with van der Waals surface area (Å²) in [5.41, 5.74) is 4.35. The molecule has 3 rings (SSSR count). The minimum Gasteiger partial charge on any atom is -0.337 e. The van der Waals surface area contributed by atoms with Crippen LogP contribution in [0.25, 0.3) is 11.1 Å². The van der Waals surface area contributed by atoms with Gasteiger partial charge in [0.15, 0.2) is 0 Å². The smallest absolute Gasteiger partial charge is 0.253 e. The molecule has 2 aromatic carbocycles. The fourth-order valence-corrected chi connectivity index (χ4v) is 2.91. The van der Waals surface area contributed by atoms with Crippen LogP contribution in [0, 0.1) is 6.92 Å². The number of nitrogens with zero attached hydrogens (tertiary/aromatic N) is 1. The van der Waals surface area contributed by atoms with Crippen LogP contribution in [0.15, 0.2) is 48.5 Å². The summed E-state index contributed by atoms with van der Waals surface area (Å²) < 4.78 is 0. The van der Waals surface area contributed by atoms with Crippen LogP contribution in [0.5, 0.6) is 0 Å². The third kappa shape index (κ3) is 3.04. The van der Waals surface area contributed by atoms with Gasteiger partial charge in [-0.3, -0.25) is 4.79 Å². The number of amides is 1. The van der Waals surface area contributed by atoms with E-state index in [1.807, 2.05) is 36.2 Å². The molecule has 1 aliphatic rings. The molecule has 0 bridgehead atoms. The lowest BCUT2D eigenvalue weighted by Crippen LogP contribution is -2.33. The summed E-state index contributed by atoms with van der Waals surface area (Å²) in [6.07, 6.45) is 1.03. The number of nitrogens with one attached hydrogen (secondary N) is 1. The molecule has 0 aliphatic carbocycles. The molecule has 22 heavy (non-hydrogen) atoms. The predicted molar refractivity (Wildman–Crippen MR) is 90.0 cm³/mol. The van der Waals surface area contributed by atoms with E-state index in [1.54, 1.807) is 0 Å². The molecule has 1 heterocycles. The molecule has 1 aliphatic heterocycles. The van der Waals surface area contributed by atoms with Gasteiger partial charge in [-0.25, -0.2) is 0 Å².